The zero-order valence-corrected chi connectivity index (χ0v) is 20.5. The number of hydrogen-bond acceptors (Lipinski definition) is 6. The molecule has 8 nitrogen and oxygen atoms in total. The second kappa shape index (κ2) is 12.7. The number of hydrogen-bond donors (Lipinski definition) is 5. The lowest BCUT2D eigenvalue weighted by atomic mass is 10.00. The number of nitrogens with two attached hydrogens (primary N) is 2. The Morgan fingerprint density at radius 2 is 1.50 bits per heavy atom. The van der Waals surface area contributed by atoms with E-state index in [9.17, 15) is 19.5 Å². The lowest BCUT2D eigenvalue weighted by Gasteiger charge is -2.24. The molecule has 0 aliphatic carbocycles. The maximum atomic E-state index is 13.2. The van der Waals surface area contributed by atoms with Crippen LogP contribution in [0.3, 0.4) is 0 Å². The van der Waals surface area contributed by atoms with E-state index >= 15 is 0 Å². The quantitative estimate of drug-likeness (QED) is 0.240. The van der Waals surface area contributed by atoms with Crippen LogP contribution in [0.1, 0.15) is 16.9 Å². The van der Waals surface area contributed by atoms with Gasteiger partial charge in [0.15, 0.2) is 0 Å². The number of rotatable bonds is 13. The van der Waals surface area contributed by atoms with Gasteiger partial charge in [0, 0.05) is 29.8 Å². The molecule has 1 heterocycles. The summed E-state index contributed by atoms with van der Waals surface area (Å²) < 4.78 is 0. The van der Waals surface area contributed by atoms with Gasteiger partial charge in [0.1, 0.15) is 18.2 Å². The normalized spacial score (nSPS) is 13.2. The van der Waals surface area contributed by atoms with Crippen molar-refractivity contribution in [1.29, 1.82) is 0 Å². The first kappa shape index (κ1) is 26.7. The molecule has 0 radical (unpaired) electrons. The number of primary amides is 2. The summed E-state index contributed by atoms with van der Waals surface area (Å²) in [5.41, 5.74) is 14.0. The highest BCUT2D eigenvalue weighted by Crippen LogP contribution is 2.20. The van der Waals surface area contributed by atoms with Crippen LogP contribution in [0.15, 0.2) is 84.4 Å². The predicted molar refractivity (Wildman–Crippen MR) is 141 cm³/mol. The van der Waals surface area contributed by atoms with Crippen LogP contribution in [-0.4, -0.2) is 41.0 Å². The highest BCUT2D eigenvalue weighted by atomic mass is 32.1. The topological polar surface area (TPSA) is 148 Å². The molecule has 1 aromatic heterocycles. The Bertz CT molecular complexity index is 1180. The molecule has 3 amide bonds. The van der Waals surface area contributed by atoms with Crippen LogP contribution in [0.25, 0.3) is 11.1 Å². The lowest BCUT2D eigenvalue weighted by molar-refractivity contribution is -0.128. The fraction of sp³-hybridized carbons (Fsp3) is 0.222. The second-order valence-electron chi connectivity index (χ2n) is 8.44. The minimum absolute atomic E-state index is 0.142. The van der Waals surface area contributed by atoms with E-state index in [4.69, 9.17) is 11.5 Å². The van der Waals surface area contributed by atoms with E-state index in [1.807, 2.05) is 72.1 Å². The zero-order chi connectivity index (χ0) is 26.1. The molecular weight excluding hydrogens is 476 g/mol. The summed E-state index contributed by atoms with van der Waals surface area (Å²) in [7, 11) is 0. The molecule has 0 aliphatic rings. The van der Waals surface area contributed by atoms with Gasteiger partial charge < -0.3 is 27.2 Å². The molecule has 0 unspecified atom stereocenters. The Morgan fingerprint density at radius 1 is 0.833 bits per heavy atom. The Labute approximate surface area is 214 Å². The maximum Gasteiger partial charge on any atom is 0.246 e. The van der Waals surface area contributed by atoms with Crippen molar-refractivity contribution in [2.24, 2.45) is 11.5 Å². The van der Waals surface area contributed by atoms with Crippen molar-refractivity contribution in [3.63, 3.8) is 0 Å². The first-order chi connectivity index (χ1) is 17.2. The number of carbonyl (C=O) groups is 3. The summed E-state index contributed by atoms with van der Waals surface area (Å²) in [6, 6.07) is 19.6. The maximum absolute atomic E-state index is 13.2. The lowest BCUT2D eigenvalue weighted by Crippen LogP contribution is -2.53. The first-order valence-electron chi connectivity index (χ1n) is 11.4. The van der Waals surface area contributed by atoms with Gasteiger partial charge in [0.2, 0.25) is 17.7 Å². The van der Waals surface area contributed by atoms with Gasteiger partial charge in [-0.05, 0) is 28.1 Å². The van der Waals surface area contributed by atoms with Crippen LogP contribution in [0.4, 0.5) is 0 Å². The van der Waals surface area contributed by atoms with Crippen molar-refractivity contribution in [3.05, 3.63) is 94.8 Å². The van der Waals surface area contributed by atoms with Gasteiger partial charge in [0.05, 0.1) is 0 Å². The fourth-order valence-corrected chi connectivity index (χ4v) is 4.43. The summed E-state index contributed by atoms with van der Waals surface area (Å²) in [4.78, 5) is 37.5. The molecule has 0 fully saturated rings. The van der Waals surface area contributed by atoms with E-state index in [2.05, 4.69) is 17.2 Å². The Morgan fingerprint density at radius 3 is 2.08 bits per heavy atom. The van der Waals surface area contributed by atoms with Gasteiger partial charge in [-0.3, -0.25) is 14.4 Å². The van der Waals surface area contributed by atoms with Crippen molar-refractivity contribution >= 4 is 29.1 Å². The standard InChI is InChI=1S/C27H30N4O4S/c1-17(14-24(32)26(29)34)30-23(16-21-8-5-13-36-21)27(35)31-22(25(28)33)15-18-9-11-20(12-10-18)19-6-3-2-4-7-19/h2-13,22-24,30,32H,1,14-16H2,(H2,28,33)(H2,29,34)(H,31,35)/t22-,23+,24+/m0/s1. The second-order valence-corrected chi connectivity index (χ2v) is 9.47. The Kier molecular flexibility index (Phi) is 9.38. The van der Waals surface area contributed by atoms with E-state index in [0.29, 0.717) is 6.42 Å². The van der Waals surface area contributed by atoms with Gasteiger partial charge in [-0.25, -0.2) is 0 Å². The van der Waals surface area contributed by atoms with Gasteiger partial charge in [0.25, 0.3) is 0 Å². The average molecular weight is 507 g/mol. The van der Waals surface area contributed by atoms with Crippen molar-refractivity contribution in [3.8, 4) is 11.1 Å². The monoisotopic (exact) mass is 506 g/mol. The molecule has 9 heteroatoms. The minimum Gasteiger partial charge on any atom is -0.383 e. The van der Waals surface area contributed by atoms with Gasteiger partial charge in [-0.1, -0.05) is 67.2 Å². The van der Waals surface area contributed by atoms with Gasteiger partial charge in [-0.15, -0.1) is 11.3 Å². The summed E-state index contributed by atoms with van der Waals surface area (Å²) in [5, 5.41) is 17.3. The van der Waals surface area contributed by atoms with E-state index in [0.717, 1.165) is 21.6 Å². The van der Waals surface area contributed by atoms with Crippen LogP contribution >= 0.6 is 11.3 Å². The van der Waals surface area contributed by atoms with E-state index < -0.39 is 35.9 Å². The molecule has 0 bridgehead atoms. The molecule has 3 rings (SSSR count). The number of benzene rings is 2. The van der Waals surface area contributed by atoms with Crippen LogP contribution < -0.4 is 22.1 Å². The third-order valence-corrected chi connectivity index (χ3v) is 6.51. The number of aliphatic hydroxyl groups is 1. The van der Waals surface area contributed by atoms with Crippen LogP contribution in [0.2, 0.25) is 0 Å². The molecule has 0 saturated heterocycles. The number of amides is 3. The third-order valence-electron chi connectivity index (χ3n) is 5.61. The summed E-state index contributed by atoms with van der Waals surface area (Å²) in [5.74, 6) is -2.00. The number of thiophene rings is 1. The average Bonchev–Trinajstić information content (AvgIpc) is 3.37. The number of nitrogens with one attached hydrogen (secondary N) is 2. The SMILES string of the molecule is C=C(C[C@@H](O)C(N)=O)N[C@H](Cc1cccs1)C(=O)N[C@@H](Cc1ccc(-c2ccccc2)cc1)C(N)=O. The summed E-state index contributed by atoms with van der Waals surface area (Å²) in [6.45, 7) is 3.80. The molecular formula is C27H30N4O4S. The molecule has 188 valence electrons. The van der Waals surface area contributed by atoms with E-state index in [1.54, 1.807) is 0 Å². The van der Waals surface area contributed by atoms with Gasteiger partial charge in [-0.2, -0.15) is 0 Å². The van der Waals surface area contributed by atoms with Crippen LogP contribution in [-0.2, 0) is 27.2 Å². The first-order valence-corrected chi connectivity index (χ1v) is 12.3. The van der Waals surface area contributed by atoms with Crippen LogP contribution in [0, 0.1) is 0 Å². The minimum atomic E-state index is -1.42. The van der Waals surface area contributed by atoms with E-state index in [-0.39, 0.29) is 18.5 Å². The third kappa shape index (κ3) is 7.79. The molecule has 3 aromatic rings. The molecule has 2 aromatic carbocycles. The smallest absolute Gasteiger partial charge is 0.246 e. The van der Waals surface area contributed by atoms with Gasteiger partial charge >= 0.3 is 0 Å². The predicted octanol–water partition coefficient (Wildman–Crippen LogP) is 1.88. The summed E-state index contributed by atoms with van der Waals surface area (Å²) in [6.07, 6.45) is -1.03. The molecule has 7 N–H and O–H groups in total. The number of aliphatic hydroxyl groups excluding tert-OH is 1. The number of carbonyl (C=O) groups excluding carboxylic acids is 3. The van der Waals surface area contributed by atoms with E-state index in [1.165, 1.54) is 11.3 Å². The molecule has 36 heavy (non-hydrogen) atoms. The fourth-order valence-electron chi connectivity index (χ4n) is 3.67. The van der Waals surface area contributed by atoms with Crippen molar-refractivity contribution in [2.45, 2.75) is 37.5 Å². The largest absolute Gasteiger partial charge is 0.383 e. The van der Waals surface area contributed by atoms with Crippen molar-refractivity contribution < 1.29 is 19.5 Å². The molecule has 0 spiro atoms. The summed E-state index contributed by atoms with van der Waals surface area (Å²) >= 11 is 1.48. The van der Waals surface area contributed by atoms with Crippen molar-refractivity contribution in [2.75, 3.05) is 0 Å². The zero-order valence-electron chi connectivity index (χ0n) is 19.7. The molecule has 0 aliphatic heterocycles. The highest BCUT2D eigenvalue weighted by Gasteiger charge is 2.26. The highest BCUT2D eigenvalue weighted by molar-refractivity contribution is 7.09. The molecule has 3 atom stereocenters. The van der Waals surface area contributed by atoms with Crippen LogP contribution in [0.5, 0.6) is 0 Å². The Hall–Kier alpha value is -3.95. The molecule has 0 saturated carbocycles. The van der Waals surface area contributed by atoms with Crippen molar-refractivity contribution in [1.82, 2.24) is 10.6 Å². The Balaban J connectivity index is 1.69.